The van der Waals surface area contributed by atoms with Crippen molar-refractivity contribution in [3.8, 4) is 0 Å². The highest BCUT2D eigenvalue weighted by Crippen LogP contribution is 2.33. The lowest BCUT2D eigenvalue weighted by atomic mass is 10.1. The van der Waals surface area contributed by atoms with Crippen molar-refractivity contribution in [1.29, 1.82) is 0 Å². The van der Waals surface area contributed by atoms with Gasteiger partial charge in [0, 0.05) is 15.2 Å². The summed E-state index contributed by atoms with van der Waals surface area (Å²) in [4.78, 5) is 27.1. The Bertz CT molecular complexity index is 1220. The van der Waals surface area contributed by atoms with E-state index in [0.717, 1.165) is 20.7 Å². The summed E-state index contributed by atoms with van der Waals surface area (Å²) in [6.45, 7) is 1.86. The number of anilines is 1. The molecule has 0 fully saturated rings. The van der Waals surface area contributed by atoms with Gasteiger partial charge in [-0.05, 0) is 42.8 Å². The summed E-state index contributed by atoms with van der Waals surface area (Å²) >= 11 is 1.54. The molecule has 0 bridgehead atoms. The fourth-order valence-electron chi connectivity index (χ4n) is 2.91. The third kappa shape index (κ3) is 3.70. The lowest BCUT2D eigenvalue weighted by molar-refractivity contribution is 0.102. The van der Waals surface area contributed by atoms with E-state index in [1.165, 1.54) is 0 Å². The molecule has 0 saturated carbocycles. The molecule has 0 atom stereocenters. The van der Waals surface area contributed by atoms with E-state index in [-0.39, 0.29) is 5.56 Å². The van der Waals surface area contributed by atoms with Gasteiger partial charge in [0.25, 0.3) is 5.91 Å². The van der Waals surface area contributed by atoms with Crippen LogP contribution in [0.5, 0.6) is 0 Å². The highest BCUT2D eigenvalue weighted by atomic mass is 32.2. The summed E-state index contributed by atoms with van der Waals surface area (Å²) in [5, 5.41) is 3.57. The molecule has 0 unspecified atom stereocenters. The number of aryl methyl sites for hydroxylation is 1. The lowest BCUT2D eigenvalue weighted by Crippen LogP contribution is -2.21. The maximum absolute atomic E-state index is 12.8. The number of rotatable bonds is 4. The second-order valence-corrected chi connectivity index (χ2v) is 7.42. The molecule has 4 rings (SSSR count). The van der Waals surface area contributed by atoms with Crippen LogP contribution in [-0.2, 0) is 0 Å². The van der Waals surface area contributed by atoms with E-state index in [0.29, 0.717) is 11.3 Å². The van der Waals surface area contributed by atoms with E-state index in [4.69, 9.17) is 4.42 Å². The maximum Gasteiger partial charge on any atom is 0.349 e. The molecule has 1 N–H and O–H groups in total. The first-order valence-corrected chi connectivity index (χ1v) is 9.60. The number of benzene rings is 3. The highest BCUT2D eigenvalue weighted by molar-refractivity contribution is 7.99. The summed E-state index contributed by atoms with van der Waals surface area (Å²) < 4.78 is 5.39. The maximum atomic E-state index is 12.8. The van der Waals surface area contributed by atoms with Crippen LogP contribution in [0.4, 0.5) is 5.69 Å². The van der Waals surface area contributed by atoms with Gasteiger partial charge in [0.2, 0.25) is 0 Å². The van der Waals surface area contributed by atoms with Gasteiger partial charge in [-0.25, -0.2) is 4.79 Å². The molecule has 138 valence electrons. The smallest absolute Gasteiger partial charge is 0.349 e. The van der Waals surface area contributed by atoms with Gasteiger partial charge < -0.3 is 9.73 Å². The van der Waals surface area contributed by atoms with E-state index < -0.39 is 11.5 Å². The minimum atomic E-state index is -0.646. The van der Waals surface area contributed by atoms with Gasteiger partial charge in [-0.15, -0.1) is 0 Å². The number of amides is 1. The van der Waals surface area contributed by atoms with Crippen LogP contribution in [0.3, 0.4) is 0 Å². The van der Waals surface area contributed by atoms with Crippen molar-refractivity contribution in [3.05, 3.63) is 100 Å². The van der Waals surface area contributed by atoms with Crippen LogP contribution in [0.2, 0.25) is 0 Å². The van der Waals surface area contributed by atoms with Crippen molar-refractivity contribution in [2.24, 2.45) is 0 Å². The Morgan fingerprint density at radius 2 is 1.68 bits per heavy atom. The van der Waals surface area contributed by atoms with Gasteiger partial charge in [-0.2, -0.15) is 0 Å². The van der Waals surface area contributed by atoms with Crippen LogP contribution in [0.25, 0.3) is 11.0 Å². The van der Waals surface area contributed by atoms with Crippen molar-refractivity contribution >= 4 is 34.3 Å². The second kappa shape index (κ2) is 7.74. The first-order chi connectivity index (χ1) is 13.6. The first-order valence-electron chi connectivity index (χ1n) is 8.78. The van der Waals surface area contributed by atoms with Crippen LogP contribution in [0.1, 0.15) is 15.9 Å². The summed E-state index contributed by atoms with van der Waals surface area (Å²) in [6.07, 6.45) is 0. The molecule has 4 aromatic rings. The molecular weight excluding hydrogens is 370 g/mol. The average molecular weight is 387 g/mol. The Hall–Kier alpha value is -3.31. The van der Waals surface area contributed by atoms with E-state index in [9.17, 15) is 9.59 Å². The van der Waals surface area contributed by atoms with Crippen LogP contribution < -0.4 is 10.9 Å². The molecule has 5 heteroatoms. The number of fused-ring (bicyclic) bond motifs is 1. The Morgan fingerprint density at radius 3 is 2.50 bits per heavy atom. The topological polar surface area (TPSA) is 59.3 Å². The minimum absolute atomic E-state index is 0.0161. The molecule has 3 aromatic carbocycles. The van der Waals surface area contributed by atoms with Gasteiger partial charge in [-0.1, -0.05) is 60.3 Å². The summed E-state index contributed by atoms with van der Waals surface area (Å²) in [5.41, 5.74) is 1.34. The fraction of sp³-hybridized carbons (Fsp3) is 0.0435. The van der Waals surface area contributed by atoms with Crippen molar-refractivity contribution in [2.75, 3.05) is 5.32 Å². The third-order valence-electron chi connectivity index (χ3n) is 4.31. The number of hydrogen-bond donors (Lipinski definition) is 1. The highest BCUT2D eigenvalue weighted by Gasteiger charge is 2.16. The molecule has 28 heavy (non-hydrogen) atoms. The zero-order valence-electron chi connectivity index (χ0n) is 15.1. The van der Waals surface area contributed by atoms with Crippen LogP contribution in [0.15, 0.2) is 97.9 Å². The van der Waals surface area contributed by atoms with E-state index in [1.54, 1.807) is 17.8 Å². The molecule has 0 radical (unpaired) electrons. The molecular formula is C23H17NO3S. The molecule has 1 amide bonds. The summed E-state index contributed by atoms with van der Waals surface area (Å²) in [5.74, 6) is -0.488. The third-order valence-corrected chi connectivity index (χ3v) is 5.39. The first kappa shape index (κ1) is 18.1. The molecule has 0 aliphatic carbocycles. The molecule has 4 nitrogen and oxygen atoms in total. The minimum Gasteiger partial charge on any atom is -0.422 e. The number of carbonyl (C=O) groups excluding carboxylic acids is 1. The second-order valence-electron chi connectivity index (χ2n) is 6.31. The largest absolute Gasteiger partial charge is 0.422 e. The van der Waals surface area contributed by atoms with Crippen molar-refractivity contribution < 1.29 is 9.21 Å². The quantitative estimate of drug-likeness (QED) is 0.470. The van der Waals surface area contributed by atoms with E-state index >= 15 is 0 Å². The molecule has 0 aliphatic heterocycles. The predicted octanol–water partition coefficient (Wildman–Crippen LogP) is 5.50. The standard InChI is InChI=1S/C23H17NO3S/c1-15-8-7-9-16-14-18(23(26)27-21(15)16)22(25)24-19-12-5-6-13-20(19)28-17-10-3-2-4-11-17/h2-14H,1H3,(H,24,25). The molecule has 1 heterocycles. The van der Waals surface area contributed by atoms with Gasteiger partial charge >= 0.3 is 5.63 Å². The van der Waals surface area contributed by atoms with Crippen LogP contribution >= 0.6 is 11.8 Å². The zero-order chi connectivity index (χ0) is 19.5. The lowest BCUT2D eigenvalue weighted by Gasteiger charge is -2.11. The van der Waals surface area contributed by atoms with Gasteiger partial charge in [0.05, 0.1) is 5.69 Å². The van der Waals surface area contributed by atoms with E-state index in [2.05, 4.69) is 5.32 Å². The number of carbonyl (C=O) groups is 1. The monoisotopic (exact) mass is 387 g/mol. The SMILES string of the molecule is Cc1cccc2cc(C(=O)Nc3ccccc3Sc3ccccc3)c(=O)oc12. The van der Waals surface area contributed by atoms with Crippen molar-refractivity contribution in [3.63, 3.8) is 0 Å². The Labute approximate surface area is 166 Å². The summed E-state index contributed by atoms with van der Waals surface area (Å²) in [6, 6.07) is 24.5. The average Bonchev–Trinajstić information content (AvgIpc) is 2.70. The van der Waals surface area contributed by atoms with Gasteiger partial charge in [-0.3, -0.25) is 4.79 Å². The molecule has 0 spiro atoms. The predicted molar refractivity (Wildman–Crippen MR) is 112 cm³/mol. The Balaban J connectivity index is 1.65. The zero-order valence-corrected chi connectivity index (χ0v) is 16.0. The van der Waals surface area contributed by atoms with Crippen LogP contribution in [0, 0.1) is 6.92 Å². The molecule has 1 aromatic heterocycles. The van der Waals surface area contributed by atoms with Crippen molar-refractivity contribution in [1.82, 2.24) is 0 Å². The Morgan fingerprint density at radius 1 is 0.929 bits per heavy atom. The van der Waals surface area contributed by atoms with Crippen LogP contribution in [-0.4, -0.2) is 5.91 Å². The van der Waals surface area contributed by atoms with Crippen molar-refractivity contribution in [2.45, 2.75) is 16.7 Å². The molecule has 0 saturated heterocycles. The normalized spacial score (nSPS) is 10.8. The summed E-state index contributed by atoms with van der Waals surface area (Å²) in [7, 11) is 0. The molecule has 0 aliphatic rings. The number of nitrogens with one attached hydrogen (secondary N) is 1. The number of para-hydroxylation sites is 2. The van der Waals surface area contributed by atoms with Gasteiger partial charge in [0.15, 0.2) is 0 Å². The Kier molecular flexibility index (Phi) is 5.00. The van der Waals surface area contributed by atoms with E-state index in [1.807, 2.05) is 79.7 Å². The van der Waals surface area contributed by atoms with Gasteiger partial charge in [0.1, 0.15) is 11.1 Å². The fourth-order valence-corrected chi connectivity index (χ4v) is 3.84. The number of hydrogen-bond acceptors (Lipinski definition) is 4.